The van der Waals surface area contributed by atoms with Gasteiger partial charge in [0.2, 0.25) is 6.41 Å². The molecule has 1 aromatic carbocycles. The minimum absolute atomic E-state index is 0.0503. The number of nitrogens with one attached hydrogen (secondary N) is 1. The molecule has 0 unspecified atom stereocenters. The summed E-state index contributed by atoms with van der Waals surface area (Å²) in [5.74, 6) is -0.717. The van der Waals surface area contributed by atoms with Crippen LogP contribution in [0.5, 0.6) is 0 Å². The Kier molecular flexibility index (Phi) is 6.64. The van der Waals surface area contributed by atoms with Gasteiger partial charge in [-0.2, -0.15) is 0 Å². The van der Waals surface area contributed by atoms with Crippen molar-refractivity contribution in [3.8, 4) is 0 Å². The van der Waals surface area contributed by atoms with E-state index < -0.39 is 5.97 Å². The van der Waals surface area contributed by atoms with Crippen molar-refractivity contribution in [2.45, 2.75) is 38.5 Å². The molecule has 104 valence electrons. The lowest BCUT2D eigenvalue weighted by Gasteiger charge is -2.15. The molecular weight excluding hydrogens is 242 g/mol. The van der Waals surface area contributed by atoms with Gasteiger partial charge in [-0.15, -0.1) is 0 Å². The summed E-state index contributed by atoms with van der Waals surface area (Å²) in [4.78, 5) is 21.0. The van der Waals surface area contributed by atoms with E-state index in [2.05, 4.69) is 5.32 Å². The maximum absolute atomic E-state index is 10.9. The first-order valence-electron chi connectivity index (χ1n) is 6.59. The number of carboxylic acids is 1. The van der Waals surface area contributed by atoms with E-state index in [1.807, 2.05) is 31.2 Å². The second kappa shape index (κ2) is 8.29. The Morgan fingerprint density at radius 1 is 1.32 bits per heavy atom. The van der Waals surface area contributed by atoms with E-state index in [-0.39, 0.29) is 12.3 Å². The number of aliphatic carboxylic acids is 1. The number of unbranched alkanes of at least 4 members (excludes halogenated alkanes) is 1. The second-order valence-corrected chi connectivity index (χ2v) is 4.77. The summed E-state index contributed by atoms with van der Waals surface area (Å²) in [5.41, 5.74) is 2.25. The summed E-state index contributed by atoms with van der Waals surface area (Å²) < 4.78 is 0. The number of aryl methyl sites for hydroxylation is 1. The predicted octanol–water partition coefficient (Wildman–Crippen LogP) is 2.47. The first-order valence-corrected chi connectivity index (χ1v) is 6.59. The molecule has 1 rings (SSSR count). The van der Waals surface area contributed by atoms with Crippen LogP contribution in [0, 0.1) is 6.92 Å². The summed E-state index contributed by atoms with van der Waals surface area (Å²) in [7, 11) is 0. The van der Waals surface area contributed by atoms with Gasteiger partial charge in [0.15, 0.2) is 0 Å². The zero-order chi connectivity index (χ0) is 14.1. The molecule has 0 aromatic heterocycles. The maximum Gasteiger partial charge on any atom is 0.303 e. The van der Waals surface area contributed by atoms with E-state index in [0.717, 1.165) is 24.8 Å². The van der Waals surface area contributed by atoms with E-state index in [1.165, 1.54) is 5.56 Å². The molecule has 2 N–H and O–H groups in total. The van der Waals surface area contributed by atoms with E-state index in [1.54, 1.807) is 0 Å². The van der Waals surface area contributed by atoms with Gasteiger partial charge in [0.05, 0.1) is 6.42 Å². The number of amides is 1. The molecule has 4 heteroatoms. The van der Waals surface area contributed by atoms with Crippen LogP contribution in [0.1, 0.15) is 42.7 Å². The molecular formula is C15H21NO3. The zero-order valence-corrected chi connectivity index (χ0v) is 11.3. The zero-order valence-electron chi connectivity index (χ0n) is 11.3. The fourth-order valence-corrected chi connectivity index (χ4v) is 2.11. The van der Waals surface area contributed by atoms with Crippen molar-refractivity contribution in [3.05, 3.63) is 35.4 Å². The Hall–Kier alpha value is -1.84. The van der Waals surface area contributed by atoms with Gasteiger partial charge in [0.1, 0.15) is 0 Å². The lowest BCUT2D eigenvalue weighted by atomic mass is 9.90. The van der Waals surface area contributed by atoms with Crippen molar-refractivity contribution in [1.82, 2.24) is 5.32 Å². The third kappa shape index (κ3) is 6.04. The van der Waals surface area contributed by atoms with Gasteiger partial charge in [-0.1, -0.05) is 36.2 Å². The van der Waals surface area contributed by atoms with Crippen LogP contribution < -0.4 is 5.32 Å². The fraction of sp³-hybridized carbons (Fsp3) is 0.467. The lowest BCUT2D eigenvalue weighted by Crippen LogP contribution is -2.13. The molecule has 19 heavy (non-hydrogen) atoms. The van der Waals surface area contributed by atoms with E-state index >= 15 is 0 Å². The number of carbonyl (C=O) groups excluding carboxylic acids is 1. The predicted molar refractivity (Wildman–Crippen MR) is 74.1 cm³/mol. The van der Waals surface area contributed by atoms with Crippen LogP contribution in [0.3, 0.4) is 0 Å². The van der Waals surface area contributed by atoms with Crippen molar-refractivity contribution in [2.75, 3.05) is 6.54 Å². The largest absolute Gasteiger partial charge is 0.481 e. The lowest BCUT2D eigenvalue weighted by molar-refractivity contribution is -0.137. The molecule has 0 heterocycles. The van der Waals surface area contributed by atoms with Gasteiger partial charge in [0.25, 0.3) is 0 Å². The molecule has 0 fully saturated rings. The molecule has 0 radical (unpaired) electrons. The summed E-state index contributed by atoms with van der Waals surface area (Å²) in [6.07, 6.45) is 3.46. The van der Waals surface area contributed by atoms with Crippen molar-refractivity contribution >= 4 is 12.4 Å². The molecule has 1 amide bonds. The molecule has 0 spiro atoms. The van der Waals surface area contributed by atoms with Gasteiger partial charge in [-0.25, -0.2) is 0 Å². The highest BCUT2D eigenvalue weighted by Crippen LogP contribution is 2.25. The summed E-state index contributed by atoms with van der Waals surface area (Å²) in [6, 6.07) is 8.04. The highest BCUT2D eigenvalue weighted by molar-refractivity contribution is 5.68. The van der Waals surface area contributed by atoms with Crippen molar-refractivity contribution in [3.63, 3.8) is 0 Å². The minimum Gasteiger partial charge on any atom is -0.481 e. The summed E-state index contributed by atoms with van der Waals surface area (Å²) in [6.45, 7) is 2.66. The third-order valence-electron chi connectivity index (χ3n) is 3.18. The molecule has 0 bridgehead atoms. The topological polar surface area (TPSA) is 66.4 Å². The minimum atomic E-state index is -0.767. The Morgan fingerprint density at radius 3 is 2.58 bits per heavy atom. The quantitative estimate of drug-likeness (QED) is 0.531. The maximum atomic E-state index is 10.9. The van der Waals surface area contributed by atoms with Crippen LogP contribution >= 0.6 is 0 Å². The van der Waals surface area contributed by atoms with E-state index in [0.29, 0.717) is 13.0 Å². The average molecular weight is 263 g/mol. The van der Waals surface area contributed by atoms with Crippen LogP contribution in [-0.2, 0) is 9.59 Å². The van der Waals surface area contributed by atoms with E-state index in [9.17, 15) is 9.59 Å². The smallest absolute Gasteiger partial charge is 0.303 e. The molecule has 4 nitrogen and oxygen atoms in total. The van der Waals surface area contributed by atoms with Crippen LogP contribution in [0.15, 0.2) is 24.3 Å². The van der Waals surface area contributed by atoms with Gasteiger partial charge in [-0.05, 0) is 31.2 Å². The van der Waals surface area contributed by atoms with Crippen molar-refractivity contribution in [2.24, 2.45) is 0 Å². The molecule has 0 aliphatic carbocycles. The van der Waals surface area contributed by atoms with Crippen molar-refractivity contribution in [1.29, 1.82) is 0 Å². The molecule has 1 aromatic rings. The average Bonchev–Trinajstić information content (AvgIpc) is 2.38. The highest BCUT2D eigenvalue weighted by atomic mass is 16.4. The second-order valence-electron chi connectivity index (χ2n) is 4.77. The number of hydrogen-bond acceptors (Lipinski definition) is 2. The number of benzene rings is 1. The van der Waals surface area contributed by atoms with Gasteiger partial charge < -0.3 is 10.4 Å². The number of rotatable bonds is 9. The molecule has 1 atom stereocenters. The van der Waals surface area contributed by atoms with Crippen LogP contribution in [0.25, 0.3) is 0 Å². The Labute approximate surface area is 113 Å². The standard InChI is InChI=1S/C15H21NO3/c1-12-5-7-13(8-6-12)14(10-15(18)19)4-2-3-9-16-11-17/h5-8,11,14H,2-4,9-10H2,1H3,(H,16,17)(H,18,19)/t14-/m0/s1. The van der Waals surface area contributed by atoms with Crippen molar-refractivity contribution < 1.29 is 14.7 Å². The van der Waals surface area contributed by atoms with Crippen LogP contribution in [-0.4, -0.2) is 24.0 Å². The SMILES string of the molecule is Cc1ccc([C@@H](CCCCNC=O)CC(=O)O)cc1. The highest BCUT2D eigenvalue weighted by Gasteiger charge is 2.15. The van der Waals surface area contributed by atoms with Crippen LogP contribution in [0.4, 0.5) is 0 Å². The van der Waals surface area contributed by atoms with E-state index in [4.69, 9.17) is 5.11 Å². The first-order chi connectivity index (χ1) is 9.13. The molecule has 0 saturated heterocycles. The Balaban J connectivity index is 2.53. The number of hydrogen-bond donors (Lipinski definition) is 2. The monoisotopic (exact) mass is 263 g/mol. The number of carboxylic acid groups (broad SMARTS) is 1. The summed E-state index contributed by atoms with van der Waals surface area (Å²) >= 11 is 0. The fourth-order valence-electron chi connectivity index (χ4n) is 2.11. The van der Waals surface area contributed by atoms with Gasteiger partial charge in [-0.3, -0.25) is 9.59 Å². The number of carbonyl (C=O) groups is 2. The van der Waals surface area contributed by atoms with Gasteiger partial charge >= 0.3 is 5.97 Å². The molecule has 0 aliphatic rings. The summed E-state index contributed by atoms with van der Waals surface area (Å²) in [5, 5.41) is 11.6. The molecule has 0 saturated carbocycles. The third-order valence-corrected chi connectivity index (χ3v) is 3.18. The normalized spacial score (nSPS) is 11.8. The molecule has 0 aliphatic heterocycles. The Bertz CT molecular complexity index is 400. The Morgan fingerprint density at radius 2 is 2.00 bits per heavy atom. The van der Waals surface area contributed by atoms with Crippen LogP contribution in [0.2, 0.25) is 0 Å². The first kappa shape index (κ1) is 15.2. The van der Waals surface area contributed by atoms with Gasteiger partial charge in [0, 0.05) is 6.54 Å².